The number of hydrogen-bond donors (Lipinski definition) is 1. The molecular formula is C23H22ClNO4. The fourth-order valence-electron chi connectivity index (χ4n) is 2.75. The van der Waals surface area contributed by atoms with Crippen molar-refractivity contribution < 1.29 is 19.0 Å². The highest BCUT2D eigenvalue weighted by Gasteiger charge is 2.11. The Labute approximate surface area is 175 Å². The number of hydrogen-bond acceptors (Lipinski definition) is 4. The number of ether oxygens (including phenoxy) is 3. The van der Waals surface area contributed by atoms with Crippen molar-refractivity contribution in [3.8, 4) is 17.2 Å². The predicted octanol–water partition coefficient (Wildman–Crippen LogP) is 4.87. The smallest absolute Gasteiger partial charge is 0.251 e. The van der Waals surface area contributed by atoms with Gasteiger partial charge in [-0.25, -0.2) is 0 Å². The number of benzene rings is 3. The molecular weight excluding hydrogens is 390 g/mol. The van der Waals surface area contributed by atoms with E-state index < -0.39 is 0 Å². The van der Waals surface area contributed by atoms with Crippen molar-refractivity contribution in [1.29, 1.82) is 0 Å². The minimum absolute atomic E-state index is 0.173. The van der Waals surface area contributed by atoms with Gasteiger partial charge in [0.1, 0.15) is 23.9 Å². The minimum atomic E-state index is -0.173. The van der Waals surface area contributed by atoms with Gasteiger partial charge in [-0.15, -0.1) is 0 Å². The van der Waals surface area contributed by atoms with Crippen LogP contribution in [0, 0.1) is 0 Å². The van der Waals surface area contributed by atoms with E-state index in [1.165, 1.54) is 0 Å². The van der Waals surface area contributed by atoms with Gasteiger partial charge in [0.2, 0.25) is 0 Å². The lowest BCUT2D eigenvalue weighted by atomic mass is 10.1. The van der Waals surface area contributed by atoms with Crippen LogP contribution in [0.25, 0.3) is 0 Å². The lowest BCUT2D eigenvalue weighted by molar-refractivity contribution is 0.0950. The van der Waals surface area contributed by atoms with Crippen LogP contribution in [0.3, 0.4) is 0 Å². The summed E-state index contributed by atoms with van der Waals surface area (Å²) >= 11 is 5.89. The van der Waals surface area contributed by atoms with Gasteiger partial charge in [0.25, 0.3) is 5.91 Å². The molecule has 0 aliphatic heterocycles. The van der Waals surface area contributed by atoms with E-state index in [0.717, 1.165) is 16.9 Å². The van der Waals surface area contributed by atoms with Gasteiger partial charge >= 0.3 is 0 Å². The molecule has 1 N–H and O–H groups in total. The molecule has 0 aliphatic carbocycles. The molecule has 3 rings (SSSR count). The van der Waals surface area contributed by atoms with Crippen LogP contribution in [-0.4, -0.2) is 20.1 Å². The molecule has 0 saturated heterocycles. The summed E-state index contributed by atoms with van der Waals surface area (Å²) in [5.41, 5.74) is 2.29. The molecule has 0 aromatic heterocycles. The zero-order valence-electron chi connectivity index (χ0n) is 16.3. The quantitative estimate of drug-likeness (QED) is 0.574. The third-order valence-electron chi connectivity index (χ3n) is 4.36. The van der Waals surface area contributed by atoms with Crippen LogP contribution >= 0.6 is 11.6 Å². The Hall–Kier alpha value is -3.18. The topological polar surface area (TPSA) is 56.8 Å². The van der Waals surface area contributed by atoms with E-state index >= 15 is 0 Å². The van der Waals surface area contributed by atoms with Gasteiger partial charge in [0.05, 0.1) is 14.2 Å². The third-order valence-corrected chi connectivity index (χ3v) is 4.61. The van der Waals surface area contributed by atoms with E-state index in [0.29, 0.717) is 28.6 Å². The molecule has 0 saturated carbocycles. The summed E-state index contributed by atoms with van der Waals surface area (Å²) in [6.45, 7) is 0.688. The standard InChI is InChI=1S/C23H22ClNO4/c1-27-20-8-10-21(11-9-20)29-15-18-13-17(5-12-22(18)28-2)23(26)25-14-16-3-6-19(24)7-4-16/h3-13H,14-15H2,1-2H3,(H,25,26). The van der Waals surface area contributed by atoms with Crippen molar-refractivity contribution in [2.45, 2.75) is 13.2 Å². The van der Waals surface area contributed by atoms with Gasteiger partial charge in [0, 0.05) is 22.7 Å². The first-order chi connectivity index (χ1) is 14.1. The molecule has 3 aromatic carbocycles. The lowest BCUT2D eigenvalue weighted by Crippen LogP contribution is -2.23. The number of nitrogens with one attached hydrogen (secondary N) is 1. The van der Waals surface area contributed by atoms with Crippen LogP contribution in [0.15, 0.2) is 66.7 Å². The van der Waals surface area contributed by atoms with Crippen LogP contribution < -0.4 is 19.5 Å². The van der Waals surface area contributed by atoms with Crippen LogP contribution in [0.2, 0.25) is 5.02 Å². The predicted molar refractivity (Wildman–Crippen MR) is 113 cm³/mol. The fourth-order valence-corrected chi connectivity index (χ4v) is 2.88. The SMILES string of the molecule is COc1ccc(OCc2cc(C(=O)NCc3ccc(Cl)cc3)ccc2OC)cc1. The summed E-state index contributed by atoms with van der Waals surface area (Å²) in [5, 5.41) is 3.57. The Balaban J connectivity index is 1.66. The fraction of sp³-hybridized carbons (Fsp3) is 0.174. The Bertz CT molecular complexity index is 956. The van der Waals surface area contributed by atoms with Gasteiger partial charge in [-0.1, -0.05) is 23.7 Å². The van der Waals surface area contributed by atoms with Gasteiger partial charge in [-0.2, -0.15) is 0 Å². The van der Waals surface area contributed by atoms with E-state index in [9.17, 15) is 4.79 Å². The summed E-state index contributed by atoms with van der Waals surface area (Å²) < 4.78 is 16.4. The van der Waals surface area contributed by atoms with E-state index in [1.54, 1.807) is 44.6 Å². The Morgan fingerprint density at radius 3 is 2.24 bits per heavy atom. The highest BCUT2D eigenvalue weighted by atomic mass is 35.5. The van der Waals surface area contributed by atoms with Gasteiger partial charge in [0.15, 0.2) is 0 Å². The molecule has 0 radical (unpaired) electrons. The summed E-state index contributed by atoms with van der Waals surface area (Å²) in [6.07, 6.45) is 0. The van der Waals surface area contributed by atoms with Crippen molar-refractivity contribution in [1.82, 2.24) is 5.32 Å². The second-order valence-electron chi connectivity index (χ2n) is 6.30. The Kier molecular flexibility index (Phi) is 6.98. The molecule has 150 valence electrons. The summed E-state index contributed by atoms with van der Waals surface area (Å²) in [6, 6.07) is 19.9. The van der Waals surface area contributed by atoms with Crippen molar-refractivity contribution in [2.24, 2.45) is 0 Å². The van der Waals surface area contributed by atoms with Crippen LogP contribution in [0.1, 0.15) is 21.5 Å². The molecule has 0 fully saturated rings. The van der Waals surface area contributed by atoms with Crippen molar-refractivity contribution >= 4 is 17.5 Å². The van der Waals surface area contributed by atoms with E-state index in [-0.39, 0.29) is 12.5 Å². The zero-order chi connectivity index (χ0) is 20.6. The number of methoxy groups -OCH3 is 2. The largest absolute Gasteiger partial charge is 0.497 e. The van der Waals surface area contributed by atoms with Crippen LogP contribution in [-0.2, 0) is 13.2 Å². The third kappa shape index (κ3) is 5.65. The highest BCUT2D eigenvalue weighted by Crippen LogP contribution is 2.23. The normalized spacial score (nSPS) is 10.3. The number of carbonyl (C=O) groups is 1. The number of amides is 1. The van der Waals surface area contributed by atoms with Gasteiger partial charge in [-0.3, -0.25) is 4.79 Å². The summed E-state index contributed by atoms with van der Waals surface area (Å²) in [4.78, 5) is 12.5. The lowest BCUT2D eigenvalue weighted by Gasteiger charge is -2.13. The highest BCUT2D eigenvalue weighted by molar-refractivity contribution is 6.30. The summed E-state index contributed by atoms with van der Waals surface area (Å²) in [7, 11) is 3.21. The van der Waals surface area contributed by atoms with Crippen LogP contribution in [0.5, 0.6) is 17.2 Å². The molecule has 0 bridgehead atoms. The van der Waals surface area contributed by atoms with Gasteiger partial charge in [-0.05, 0) is 60.2 Å². The Morgan fingerprint density at radius 2 is 1.59 bits per heavy atom. The molecule has 1 amide bonds. The van der Waals surface area contributed by atoms with E-state index in [1.807, 2.05) is 36.4 Å². The monoisotopic (exact) mass is 411 g/mol. The Morgan fingerprint density at radius 1 is 0.897 bits per heavy atom. The van der Waals surface area contributed by atoms with Crippen molar-refractivity contribution in [2.75, 3.05) is 14.2 Å². The van der Waals surface area contributed by atoms with E-state index in [4.69, 9.17) is 25.8 Å². The maximum Gasteiger partial charge on any atom is 0.251 e. The first kappa shape index (κ1) is 20.6. The number of carbonyl (C=O) groups excluding carboxylic acids is 1. The molecule has 0 atom stereocenters. The molecule has 3 aromatic rings. The van der Waals surface area contributed by atoms with Gasteiger partial charge < -0.3 is 19.5 Å². The molecule has 0 aliphatic rings. The first-order valence-electron chi connectivity index (χ1n) is 9.05. The van der Waals surface area contributed by atoms with Crippen LogP contribution in [0.4, 0.5) is 0 Å². The minimum Gasteiger partial charge on any atom is -0.497 e. The second kappa shape index (κ2) is 9.85. The molecule has 6 heteroatoms. The first-order valence-corrected chi connectivity index (χ1v) is 9.43. The summed E-state index contributed by atoms with van der Waals surface area (Å²) in [5.74, 6) is 1.95. The zero-order valence-corrected chi connectivity index (χ0v) is 17.0. The van der Waals surface area contributed by atoms with E-state index in [2.05, 4.69) is 5.32 Å². The molecule has 0 spiro atoms. The second-order valence-corrected chi connectivity index (χ2v) is 6.74. The number of halogens is 1. The maximum atomic E-state index is 12.5. The average molecular weight is 412 g/mol. The molecule has 0 unspecified atom stereocenters. The van der Waals surface area contributed by atoms with Crippen molar-refractivity contribution in [3.63, 3.8) is 0 Å². The average Bonchev–Trinajstić information content (AvgIpc) is 2.77. The number of rotatable bonds is 8. The van der Waals surface area contributed by atoms with Crippen molar-refractivity contribution in [3.05, 3.63) is 88.4 Å². The maximum absolute atomic E-state index is 12.5. The molecule has 0 heterocycles. The molecule has 5 nitrogen and oxygen atoms in total. The molecule has 29 heavy (non-hydrogen) atoms.